The number of ether oxygens (including phenoxy) is 2. The Morgan fingerprint density at radius 2 is 1.25 bits per heavy atom. The smallest absolute Gasteiger partial charge is 0.343 e. The minimum atomic E-state index is -0.916. The van der Waals surface area contributed by atoms with Crippen LogP contribution in [0.25, 0.3) is 22.5 Å². The van der Waals surface area contributed by atoms with Crippen molar-refractivity contribution in [3.63, 3.8) is 0 Å². The maximum atomic E-state index is 13.7. The van der Waals surface area contributed by atoms with E-state index in [1.807, 2.05) is 110 Å². The third-order valence-electron chi connectivity index (χ3n) is 10.1. The Bertz CT molecular complexity index is 2440. The molecule has 2 heterocycles. The van der Waals surface area contributed by atoms with Crippen LogP contribution < -0.4 is 5.56 Å². The van der Waals surface area contributed by atoms with Gasteiger partial charge in [0.1, 0.15) is 5.56 Å². The molecular weight excluding hydrogens is 715 g/mol. The average molecular weight is 758 g/mol. The number of methoxy groups -OCH3 is 1. The summed E-state index contributed by atoms with van der Waals surface area (Å²) in [5.74, 6) is -0.943. The van der Waals surface area contributed by atoms with Crippen LogP contribution in [0.1, 0.15) is 75.4 Å². The van der Waals surface area contributed by atoms with Crippen molar-refractivity contribution in [1.29, 1.82) is 0 Å². The van der Waals surface area contributed by atoms with Crippen LogP contribution in [0.2, 0.25) is 0 Å². The highest BCUT2D eigenvalue weighted by Crippen LogP contribution is 2.40. The van der Waals surface area contributed by atoms with Crippen molar-refractivity contribution >= 4 is 11.9 Å². The van der Waals surface area contributed by atoms with Gasteiger partial charge in [0.05, 0.1) is 19.3 Å². The first kappa shape index (κ1) is 38.3. The summed E-state index contributed by atoms with van der Waals surface area (Å²) in [6, 6.07) is 47.8. The monoisotopic (exact) mass is 757 g/mol. The van der Waals surface area contributed by atoms with E-state index in [1.54, 1.807) is 11.7 Å². The number of hydrogen-bond donors (Lipinski definition) is 0. The van der Waals surface area contributed by atoms with Gasteiger partial charge in [-0.1, -0.05) is 153 Å². The Labute approximate surface area is 331 Å². The topological polar surface area (TPSA) is 118 Å². The third-order valence-corrected chi connectivity index (χ3v) is 10.1. The maximum absolute atomic E-state index is 13.7. The Balaban J connectivity index is 1.28. The Hall–Kier alpha value is -6.94. The molecular formula is C47H43N5O5. The summed E-state index contributed by atoms with van der Waals surface area (Å²) in [5.41, 5.74) is 5.47. The average Bonchev–Trinajstić information content (AvgIpc) is 3.75. The van der Waals surface area contributed by atoms with Crippen LogP contribution >= 0.6 is 0 Å². The summed E-state index contributed by atoms with van der Waals surface area (Å²) < 4.78 is 11.8. The second-order valence-electron chi connectivity index (χ2n) is 13.6. The van der Waals surface area contributed by atoms with Crippen molar-refractivity contribution in [3.8, 4) is 22.5 Å². The van der Waals surface area contributed by atoms with Gasteiger partial charge in [0.2, 0.25) is 5.82 Å². The fourth-order valence-corrected chi connectivity index (χ4v) is 7.36. The van der Waals surface area contributed by atoms with E-state index in [4.69, 9.17) is 19.8 Å². The van der Waals surface area contributed by atoms with Gasteiger partial charge < -0.3 is 14.0 Å². The van der Waals surface area contributed by atoms with Crippen molar-refractivity contribution in [2.45, 2.75) is 45.2 Å². The van der Waals surface area contributed by atoms with Gasteiger partial charge in [-0.2, -0.15) is 0 Å². The van der Waals surface area contributed by atoms with Crippen molar-refractivity contribution in [1.82, 2.24) is 24.8 Å². The summed E-state index contributed by atoms with van der Waals surface area (Å²) in [5, 5.41) is 14.6. The summed E-state index contributed by atoms with van der Waals surface area (Å²) in [6.07, 6.45) is 1.74. The molecule has 0 aliphatic rings. The van der Waals surface area contributed by atoms with Crippen LogP contribution in [0.15, 0.2) is 150 Å². The molecule has 0 fully saturated rings. The van der Waals surface area contributed by atoms with Gasteiger partial charge in [0.25, 0.3) is 5.56 Å². The molecule has 0 saturated carbocycles. The van der Waals surface area contributed by atoms with E-state index in [0.29, 0.717) is 24.5 Å². The molecule has 0 atom stereocenters. The Morgan fingerprint density at radius 1 is 0.684 bits per heavy atom. The van der Waals surface area contributed by atoms with Crippen LogP contribution in [0.4, 0.5) is 0 Å². The van der Waals surface area contributed by atoms with E-state index in [9.17, 15) is 14.4 Å². The van der Waals surface area contributed by atoms with E-state index < -0.39 is 23.0 Å². The fraction of sp³-hybridized carbons (Fsp3) is 0.191. The predicted octanol–water partition coefficient (Wildman–Crippen LogP) is 8.36. The van der Waals surface area contributed by atoms with Crippen LogP contribution in [-0.4, -0.2) is 50.4 Å². The van der Waals surface area contributed by atoms with Gasteiger partial charge in [-0.3, -0.25) is 4.79 Å². The highest BCUT2D eigenvalue weighted by molar-refractivity contribution is 5.96. The zero-order valence-electron chi connectivity index (χ0n) is 32.2. The molecule has 57 heavy (non-hydrogen) atoms. The molecule has 0 bridgehead atoms. The molecule has 10 heteroatoms. The van der Waals surface area contributed by atoms with Gasteiger partial charge >= 0.3 is 11.9 Å². The Morgan fingerprint density at radius 3 is 1.79 bits per heavy atom. The fourth-order valence-electron chi connectivity index (χ4n) is 7.36. The molecule has 286 valence electrons. The maximum Gasteiger partial charge on any atom is 0.343 e. The van der Waals surface area contributed by atoms with Crippen LogP contribution in [0, 0.1) is 0 Å². The standard InChI is InChI=1S/C47H43N5O5/c1-4-6-30-51-42(40(45(54)56-3)32-41(44(51)53)46(55)57-5-2)31-33-26-28-34(29-27-33)38-24-16-17-25-39(38)43-48-50-52(49-43)47(35-18-10-7-11-19-35,36-20-12-8-13-21-36)37-22-14-9-15-23-37/h7-29,32H,4-6,30-31H2,1-3H3. The highest BCUT2D eigenvalue weighted by atomic mass is 16.5. The lowest BCUT2D eigenvalue weighted by atomic mass is 9.77. The number of hydrogen-bond acceptors (Lipinski definition) is 8. The predicted molar refractivity (Wildman–Crippen MR) is 219 cm³/mol. The summed E-state index contributed by atoms with van der Waals surface area (Å²) in [7, 11) is 1.28. The van der Waals surface area contributed by atoms with Crippen LogP contribution in [0.3, 0.4) is 0 Å². The third kappa shape index (κ3) is 7.54. The largest absolute Gasteiger partial charge is 0.465 e. The van der Waals surface area contributed by atoms with Crippen molar-refractivity contribution in [3.05, 3.63) is 195 Å². The van der Waals surface area contributed by atoms with Crippen molar-refractivity contribution in [2.75, 3.05) is 13.7 Å². The lowest BCUT2D eigenvalue weighted by Gasteiger charge is -2.34. The molecule has 0 aliphatic heterocycles. The second-order valence-corrected chi connectivity index (χ2v) is 13.6. The van der Waals surface area contributed by atoms with E-state index in [-0.39, 0.29) is 24.2 Å². The highest BCUT2D eigenvalue weighted by Gasteiger charge is 2.41. The summed E-state index contributed by atoms with van der Waals surface area (Å²) >= 11 is 0. The molecule has 0 saturated heterocycles. The van der Waals surface area contributed by atoms with Gasteiger partial charge in [0, 0.05) is 24.2 Å². The lowest BCUT2D eigenvalue weighted by molar-refractivity contribution is 0.0523. The summed E-state index contributed by atoms with van der Waals surface area (Å²) in [6.45, 7) is 4.11. The lowest BCUT2D eigenvalue weighted by Crippen LogP contribution is -2.39. The van der Waals surface area contributed by atoms with E-state index in [2.05, 4.69) is 41.5 Å². The number of tetrazole rings is 1. The normalized spacial score (nSPS) is 11.3. The first-order valence-electron chi connectivity index (χ1n) is 19.1. The van der Waals surface area contributed by atoms with Gasteiger partial charge in [-0.25, -0.2) is 9.59 Å². The molecule has 2 aromatic heterocycles. The summed E-state index contributed by atoms with van der Waals surface area (Å²) in [4.78, 5) is 41.3. The molecule has 0 spiro atoms. The van der Waals surface area contributed by atoms with Gasteiger partial charge in [-0.05, 0) is 58.0 Å². The number of esters is 2. The molecule has 0 amide bonds. The zero-order valence-corrected chi connectivity index (χ0v) is 32.2. The Kier molecular flexibility index (Phi) is 11.6. The molecule has 7 aromatic rings. The van der Waals surface area contributed by atoms with Crippen LogP contribution in [0.5, 0.6) is 0 Å². The van der Waals surface area contributed by atoms with Crippen LogP contribution in [-0.2, 0) is 28.0 Å². The number of pyridine rings is 1. The molecule has 0 unspecified atom stereocenters. The van der Waals surface area contributed by atoms with E-state index in [0.717, 1.165) is 45.4 Å². The number of carbonyl (C=O) groups excluding carboxylic acids is 2. The zero-order chi connectivity index (χ0) is 39.8. The number of rotatable bonds is 14. The SMILES string of the molecule is CCCCn1c(Cc2ccc(-c3ccccc3-c3nnn(C(c4ccccc4)(c4ccccc4)c4ccccc4)n3)cc2)c(C(=O)OC)cc(C(=O)OCC)c1=O. The molecule has 7 rings (SSSR count). The molecule has 5 aromatic carbocycles. The van der Waals surface area contributed by atoms with Crippen molar-refractivity contribution in [2.24, 2.45) is 0 Å². The molecule has 10 nitrogen and oxygen atoms in total. The number of benzene rings is 5. The van der Waals surface area contributed by atoms with E-state index >= 15 is 0 Å². The first-order valence-corrected chi connectivity index (χ1v) is 19.1. The second kappa shape index (κ2) is 17.2. The van der Waals surface area contributed by atoms with E-state index in [1.165, 1.54) is 17.7 Å². The van der Waals surface area contributed by atoms with Gasteiger partial charge in [-0.15, -0.1) is 15.0 Å². The number of nitrogens with zero attached hydrogens (tertiary/aromatic N) is 5. The first-order chi connectivity index (χ1) is 27.9. The molecule has 0 N–H and O–H groups in total. The minimum absolute atomic E-state index is 0.0995. The number of carbonyl (C=O) groups is 2. The number of unbranched alkanes of at least 4 members (excludes halogenated alkanes) is 1. The van der Waals surface area contributed by atoms with Gasteiger partial charge in [0.15, 0.2) is 5.54 Å². The minimum Gasteiger partial charge on any atom is -0.465 e. The quantitative estimate of drug-likeness (QED) is 0.0803. The molecule has 0 aliphatic carbocycles. The van der Waals surface area contributed by atoms with Crippen molar-refractivity contribution < 1.29 is 19.1 Å². The number of aromatic nitrogens is 5. The molecule has 0 radical (unpaired) electrons.